The van der Waals surface area contributed by atoms with Gasteiger partial charge in [0.15, 0.2) is 5.65 Å². The van der Waals surface area contributed by atoms with Crippen molar-refractivity contribution in [1.82, 2.24) is 19.3 Å². The van der Waals surface area contributed by atoms with E-state index in [1.807, 2.05) is 16.7 Å². The van der Waals surface area contributed by atoms with Crippen molar-refractivity contribution < 1.29 is 8.42 Å². The van der Waals surface area contributed by atoms with Crippen molar-refractivity contribution in [3.63, 3.8) is 0 Å². The number of imidazole rings is 1. The van der Waals surface area contributed by atoms with Crippen LogP contribution in [0, 0.1) is 0 Å². The van der Waals surface area contributed by atoms with Gasteiger partial charge in [-0.05, 0) is 41.8 Å². The maximum Gasteiger partial charge on any atom is 0.242 e. The summed E-state index contributed by atoms with van der Waals surface area (Å²) in [4.78, 5) is 9.10. The summed E-state index contributed by atoms with van der Waals surface area (Å²) in [5.41, 5.74) is 3.78. The molecule has 6 nitrogen and oxygen atoms in total. The summed E-state index contributed by atoms with van der Waals surface area (Å²) in [6.07, 6.45) is 2.68. The monoisotopic (exact) mass is 440 g/mol. The smallest absolute Gasteiger partial charge is 0.242 e. The molecule has 2 aromatic heterocycles. The molecule has 0 unspecified atom stereocenters. The van der Waals surface area contributed by atoms with Gasteiger partial charge in [-0.1, -0.05) is 54.9 Å². The number of aromatic nitrogens is 3. The van der Waals surface area contributed by atoms with Crippen molar-refractivity contribution in [3.05, 3.63) is 88.8 Å². The molecule has 0 aliphatic heterocycles. The Labute approximate surface area is 180 Å². The first kappa shape index (κ1) is 20.5. The van der Waals surface area contributed by atoms with Gasteiger partial charge in [0.2, 0.25) is 10.0 Å². The zero-order valence-corrected chi connectivity index (χ0v) is 18.0. The van der Waals surface area contributed by atoms with Crippen LogP contribution in [0.25, 0.3) is 11.2 Å². The molecule has 0 radical (unpaired) electrons. The molecule has 0 aliphatic carbocycles. The number of nitrogens with zero attached hydrogens (tertiary/aromatic N) is 3. The zero-order valence-electron chi connectivity index (χ0n) is 16.4. The Morgan fingerprint density at radius 1 is 1.00 bits per heavy atom. The Hall–Kier alpha value is -2.74. The van der Waals surface area contributed by atoms with E-state index in [0.29, 0.717) is 18.0 Å². The third-order valence-electron chi connectivity index (χ3n) is 4.90. The number of halogens is 1. The fraction of sp³-hybridized carbons (Fsp3) is 0.182. The van der Waals surface area contributed by atoms with Crippen LogP contribution in [0.2, 0.25) is 5.02 Å². The molecule has 4 rings (SSSR count). The van der Waals surface area contributed by atoms with Crippen molar-refractivity contribution in [2.45, 2.75) is 31.3 Å². The van der Waals surface area contributed by atoms with Gasteiger partial charge in [-0.3, -0.25) is 0 Å². The summed E-state index contributed by atoms with van der Waals surface area (Å²) in [6, 6.07) is 18.4. The highest BCUT2D eigenvalue weighted by Crippen LogP contribution is 2.21. The predicted molar refractivity (Wildman–Crippen MR) is 118 cm³/mol. The first-order chi connectivity index (χ1) is 14.5. The molecule has 8 heteroatoms. The third-order valence-corrected chi connectivity index (χ3v) is 6.80. The minimum absolute atomic E-state index is 0.0248. The van der Waals surface area contributed by atoms with E-state index in [4.69, 9.17) is 11.6 Å². The third kappa shape index (κ3) is 4.23. The van der Waals surface area contributed by atoms with E-state index in [9.17, 15) is 8.42 Å². The van der Waals surface area contributed by atoms with Crippen LogP contribution in [0.1, 0.15) is 23.9 Å². The highest BCUT2D eigenvalue weighted by atomic mass is 35.5. The molecule has 0 saturated heterocycles. The van der Waals surface area contributed by atoms with Crippen LogP contribution in [0.3, 0.4) is 0 Å². The van der Waals surface area contributed by atoms with Gasteiger partial charge in [0, 0.05) is 6.20 Å². The Balaban J connectivity index is 1.65. The lowest BCUT2D eigenvalue weighted by atomic mass is 10.1. The number of rotatable bonds is 7. The van der Waals surface area contributed by atoms with Gasteiger partial charge in [0.05, 0.1) is 18.1 Å². The summed E-state index contributed by atoms with van der Waals surface area (Å²) in [5, 5.41) is 0.177. The number of aryl methyl sites for hydroxylation is 1. The lowest BCUT2D eigenvalue weighted by molar-refractivity contribution is 0.576. The number of pyridine rings is 1. The molecule has 4 aromatic rings. The molecule has 0 fully saturated rings. The highest BCUT2D eigenvalue weighted by molar-refractivity contribution is 7.89. The van der Waals surface area contributed by atoms with Crippen LogP contribution in [-0.4, -0.2) is 23.0 Å². The molecule has 0 saturated carbocycles. The molecule has 0 bridgehead atoms. The quantitative estimate of drug-likeness (QED) is 0.467. The molecule has 2 aromatic carbocycles. The lowest BCUT2D eigenvalue weighted by Gasteiger charge is -2.11. The van der Waals surface area contributed by atoms with Crippen molar-refractivity contribution in [2.75, 3.05) is 0 Å². The average Bonchev–Trinajstić information content (AvgIpc) is 3.10. The number of benzene rings is 2. The maximum atomic E-state index is 12.7. The number of hydrogen-bond donors (Lipinski definition) is 1. The van der Waals surface area contributed by atoms with Gasteiger partial charge in [-0.15, -0.1) is 0 Å². The minimum atomic E-state index is -3.78. The van der Waals surface area contributed by atoms with Crippen LogP contribution in [-0.2, 0) is 29.5 Å². The number of hydrogen-bond acceptors (Lipinski definition) is 4. The lowest BCUT2D eigenvalue weighted by Crippen LogP contribution is -2.25. The Bertz CT molecular complexity index is 1280. The van der Waals surface area contributed by atoms with Crippen molar-refractivity contribution in [1.29, 1.82) is 0 Å². The standard InChI is InChI=1S/C22H21ClN4O2S/c1-2-16-9-11-17(12-10-16)15-27-21(26-19-7-5-13-24-22(19)27)14-25-30(28,29)20-8-4-3-6-18(20)23/h3-13,25H,2,14-15H2,1H3. The van der Waals surface area contributed by atoms with Gasteiger partial charge in [-0.2, -0.15) is 0 Å². The zero-order chi connectivity index (χ0) is 21.1. The molecular weight excluding hydrogens is 420 g/mol. The molecular formula is C22H21ClN4O2S. The molecule has 2 heterocycles. The van der Waals surface area contributed by atoms with Crippen LogP contribution in [0.4, 0.5) is 0 Å². The largest absolute Gasteiger partial charge is 0.307 e. The molecule has 0 atom stereocenters. The van der Waals surface area contributed by atoms with E-state index >= 15 is 0 Å². The second-order valence-corrected chi connectivity index (χ2v) is 9.03. The average molecular weight is 441 g/mol. The van der Waals surface area contributed by atoms with Crippen molar-refractivity contribution in [3.8, 4) is 0 Å². The Kier molecular flexibility index (Phi) is 5.85. The van der Waals surface area contributed by atoms with Gasteiger partial charge in [0.25, 0.3) is 0 Å². The van der Waals surface area contributed by atoms with Crippen LogP contribution in [0.5, 0.6) is 0 Å². The van der Waals surface area contributed by atoms with E-state index in [2.05, 4.69) is 45.9 Å². The second-order valence-electron chi connectivity index (χ2n) is 6.89. The van der Waals surface area contributed by atoms with E-state index in [-0.39, 0.29) is 16.5 Å². The molecule has 0 spiro atoms. The predicted octanol–water partition coefficient (Wildman–Crippen LogP) is 4.17. The molecule has 0 aliphatic rings. The van der Waals surface area contributed by atoms with Crippen LogP contribution >= 0.6 is 11.6 Å². The summed E-state index contributed by atoms with van der Waals surface area (Å²) in [7, 11) is -3.78. The summed E-state index contributed by atoms with van der Waals surface area (Å²) < 4.78 is 30.0. The fourth-order valence-corrected chi connectivity index (χ4v) is 4.77. The van der Waals surface area contributed by atoms with Gasteiger partial charge < -0.3 is 4.57 Å². The Morgan fingerprint density at radius 2 is 1.73 bits per heavy atom. The number of fused-ring (bicyclic) bond motifs is 1. The molecule has 1 N–H and O–H groups in total. The minimum Gasteiger partial charge on any atom is -0.307 e. The summed E-state index contributed by atoms with van der Waals surface area (Å²) >= 11 is 6.07. The first-order valence-electron chi connectivity index (χ1n) is 9.60. The fourth-order valence-electron chi connectivity index (χ4n) is 3.27. The normalized spacial score (nSPS) is 11.8. The van der Waals surface area contributed by atoms with Crippen LogP contribution in [0.15, 0.2) is 71.8 Å². The maximum absolute atomic E-state index is 12.7. The van der Waals surface area contributed by atoms with Gasteiger partial charge in [-0.25, -0.2) is 23.1 Å². The van der Waals surface area contributed by atoms with E-state index in [1.54, 1.807) is 24.4 Å². The van der Waals surface area contributed by atoms with Crippen LogP contribution < -0.4 is 4.72 Å². The number of nitrogens with one attached hydrogen (secondary N) is 1. The number of sulfonamides is 1. The summed E-state index contributed by atoms with van der Waals surface area (Å²) in [6.45, 7) is 2.68. The Morgan fingerprint density at radius 3 is 2.47 bits per heavy atom. The first-order valence-corrected chi connectivity index (χ1v) is 11.5. The van der Waals surface area contributed by atoms with Gasteiger partial charge in [0.1, 0.15) is 16.2 Å². The molecule has 0 amide bonds. The van der Waals surface area contributed by atoms with Crippen molar-refractivity contribution >= 4 is 32.8 Å². The van der Waals surface area contributed by atoms with E-state index in [0.717, 1.165) is 17.5 Å². The molecule has 154 valence electrons. The SMILES string of the molecule is CCc1ccc(Cn2c(CNS(=O)(=O)c3ccccc3Cl)nc3cccnc32)cc1. The van der Waals surface area contributed by atoms with E-state index in [1.165, 1.54) is 11.6 Å². The second kappa shape index (κ2) is 8.55. The topological polar surface area (TPSA) is 76.9 Å². The van der Waals surface area contributed by atoms with Gasteiger partial charge >= 0.3 is 0 Å². The van der Waals surface area contributed by atoms with E-state index < -0.39 is 10.0 Å². The highest BCUT2D eigenvalue weighted by Gasteiger charge is 2.19. The summed E-state index contributed by atoms with van der Waals surface area (Å²) in [5.74, 6) is 0.582. The van der Waals surface area contributed by atoms with Crippen molar-refractivity contribution in [2.24, 2.45) is 0 Å². The molecule has 30 heavy (non-hydrogen) atoms.